The van der Waals surface area contributed by atoms with E-state index >= 15 is 0 Å². The molecule has 5 rings (SSSR count). The van der Waals surface area contributed by atoms with E-state index in [0.717, 1.165) is 49.1 Å². The molecule has 0 fully saturated rings. The van der Waals surface area contributed by atoms with Crippen LogP contribution in [0.15, 0.2) is 30.6 Å². The monoisotopic (exact) mass is 375 g/mol. The lowest BCUT2D eigenvalue weighted by Crippen LogP contribution is -2.37. The van der Waals surface area contributed by atoms with Crippen LogP contribution >= 0.6 is 0 Å². The minimum atomic E-state index is 0.00724. The summed E-state index contributed by atoms with van der Waals surface area (Å²) in [7, 11) is 0. The standard InChI is InChI=1S/C22H25N5O/c1-13(2)25-22(28)15-7-8-17-16(11-15)19-20(26-17)23-12-24-21(19)27-10-9-14-5-3-4-6-18(14)27/h3-6,12-13,15H,7-11H2,1-2H3,(H,25,28)(H,23,24,26). The summed E-state index contributed by atoms with van der Waals surface area (Å²) in [6.07, 6.45) is 5.15. The van der Waals surface area contributed by atoms with Crippen LogP contribution in [0.25, 0.3) is 11.0 Å². The number of para-hydroxylation sites is 1. The molecule has 1 aliphatic heterocycles. The fourth-order valence-corrected chi connectivity index (χ4v) is 4.61. The van der Waals surface area contributed by atoms with E-state index in [4.69, 9.17) is 0 Å². The van der Waals surface area contributed by atoms with Crippen LogP contribution in [0.1, 0.15) is 37.1 Å². The number of aromatic amines is 1. The highest BCUT2D eigenvalue weighted by atomic mass is 16.1. The van der Waals surface area contributed by atoms with Crippen molar-refractivity contribution in [2.24, 2.45) is 5.92 Å². The van der Waals surface area contributed by atoms with Crippen LogP contribution in [0.2, 0.25) is 0 Å². The van der Waals surface area contributed by atoms with Crippen LogP contribution in [0.4, 0.5) is 11.5 Å². The van der Waals surface area contributed by atoms with E-state index in [1.165, 1.54) is 22.5 Å². The number of fused-ring (bicyclic) bond motifs is 4. The van der Waals surface area contributed by atoms with Gasteiger partial charge in [-0.15, -0.1) is 0 Å². The summed E-state index contributed by atoms with van der Waals surface area (Å²) in [5, 5.41) is 4.16. The van der Waals surface area contributed by atoms with Gasteiger partial charge in [0.2, 0.25) is 5.91 Å². The number of aromatic nitrogens is 3. The first-order valence-electron chi connectivity index (χ1n) is 10.1. The Morgan fingerprint density at radius 3 is 2.96 bits per heavy atom. The first-order chi connectivity index (χ1) is 13.6. The molecule has 0 saturated heterocycles. The molecule has 1 aromatic carbocycles. The average molecular weight is 375 g/mol. The summed E-state index contributed by atoms with van der Waals surface area (Å²) < 4.78 is 0. The van der Waals surface area contributed by atoms with Gasteiger partial charge in [-0.2, -0.15) is 0 Å². The Morgan fingerprint density at radius 2 is 2.11 bits per heavy atom. The number of amides is 1. The van der Waals surface area contributed by atoms with Gasteiger partial charge in [-0.05, 0) is 56.7 Å². The van der Waals surface area contributed by atoms with Crippen molar-refractivity contribution in [2.75, 3.05) is 11.4 Å². The van der Waals surface area contributed by atoms with Gasteiger partial charge in [-0.1, -0.05) is 18.2 Å². The summed E-state index contributed by atoms with van der Waals surface area (Å²) in [6, 6.07) is 8.68. The lowest BCUT2D eigenvalue weighted by Gasteiger charge is -2.24. The van der Waals surface area contributed by atoms with Gasteiger partial charge in [0, 0.05) is 29.9 Å². The van der Waals surface area contributed by atoms with E-state index in [0.29, 0.717) is 0 Å². The molecule has 144 valence electrons. The van der Waals surface area contributed by atoms with Gasteiger partial charge in [0.15, 0.2) is 0 Å². The minimum absolute atomic E-state index is 0.00724. The first-order valence-corrected chi connectivity index (χ1v) is 10.1. The van der Waals surface area contributed by atoms with E-state index in [1.807, 2.05) is 13.8 Å². The van der Waals surface area contributed by atoms with Crippen molar-refractivity contribution in [2.45, 2.75) is 45.6 Å². The topological polar surface area (TPSA) is 73.9 Å². The molecule has 2 aliphatic rings. The molecule has 0 radical (unpaired) electrons. The fraction of sp³-hybridized carbons (Fsp3) is 0.409. The number of hydrogen-bond acceptors (Lipinski definition) is 4. The summed E-state index contributed by atoms with van der Waals surface area (Å²) in [4.78, 5) is 27.6. The van der Waals surface area contributed by atoms with Gasteiger partial charge >= 0.3 is 0 Å². The zero-order valence-corrected chi connectivity index (χ0v) is 16.3. The van der Waals surface area contributed by atoms with Crippen molar-refractivity contribution in [1.82, 2.24) is 20.3 Å². The highest BCUT2D eigenvalue weighted by molar-refractivity contribution is 5.95. The second kappa shape index (κ2) is 6.62. The second-order valence-corrected chi connectivity index (χ2v) is 8.14. The zero-order valence-electron chi connectivity index (χ0n) is 16.3. The molecule has 6 heteroatoms. The highest BCUT2D eigenvalue weighted by Gasteiger charge is 2.31. The van der Waals surface area contributed by atoms with Crippen molar-refractivity contribution < 1.29 is 4.79 Å². The van der Waals surface area contributed by atoms with Crippen LogP contribution in [0.3, 0.4) is 0 Å². The molecule has 1 amide bonds. The quantitative estimate of drug-likeness (QED) is 0.737. The van der Waals surface area contributed by atoms with Crippen molar-refractivity contribution in [3.8, 4) is 0 Å². The number of nitrogens with zero attached hydrogens (tertiary/aromatic N) is 3. The highest BCUT2D eigenvalue weighted by Crippen LogP contribution is 2.40. The number of carbonyl (C=O) groups is 1. The minimum Gasteiger partial charge on any atom is -0.354 e. The van der Waals surface area contributed by atoms with Crippen molar-refractivity contribution in [1.29, 1.82) is 0 Å². The number of benzene rings is 1. The molecular formula is C22H25N5O. The number of anilines is 2. The van der Waals surface area contributed by atoms with Crippen LogP contribution in [-0.2, 0) is 24.1 Å². The number of aryl methyl sites for hydroxylation is 1. The molecule has 1 unspecified atom stereocenters. The molecule has 1 aliphatic carbocycles. The maximum Gasteiger partial charge on any atom is 0.223 e. The lowest BCUT2D eigenvalue weighted by atomic mass is 9.85. The third-order valence-electron chi connectivity index (χ3n) is 5.90. The van der Waals surface area contributed by atoms with E-state index in [1.54, 1.807) is 6.33 Å². The van der Waals surface area contributed by atoms with Crippen molar-refractivity contribution >= 4 is 28.4 Å². The predicted molar refractivity (Wildman–Crippen MR) is 110 cm³/mol. The maximum absolute atomic E-state index is 12.6. The summed E-state index contributed by atoms with van der Waals surface area (Å²) in [5.41, 5.74) is 5.88. The number of nitrogens with one attached hydrogen (secondary N) is 2. The SMILES string of the molecule is CC(C)NC(=O)C1CCc2[nH]c3ncnc(N4CCc5ccccc54)c3c2C1. The van der Waals surface area contributed by atoms with Gasteiger partial charge in [-0.25, -0.2) is 9.97 Å². The number of hydrogen-bond donors (Lipinski definition) is 2. The van der Waals surface area contributed by atoms with Gasteiger partial charge in [-0.3, -0.25) is 4.79 Å². The number of rotatable bonds is 3. The molecule has 3 heterocycles. The predicted octanol–water partition coefficient (Wildman–Crippen LogP) is 3.28. The normalized spacial score (nSPS) is 18.4. The molecule has 6 nitrogen and oxygen atoms in total. The molecule has 3 aromatic rings. The Bertz CT molecular complexity index is 1050. The first kappa shape index (κ1) is 17.2. The molecule has 2 N–H and O–H groups in total. The van der Waals surface area contributed by atoms with Gasteiger partial charge < -0.3 is 15.2 Å². The Hall–Kier alpha value is -2.89. The molecule has 28 heavy (non-hydrogen) atoms. The second-order valence-electron chi connectivity index (χ2n) is 8.14. The summed E-state index contributed by atoms with van der Waals surface area (Å²) >= 11 is 0. The van der Waals surface area contributed by atoms with Gasteiger partial charge in [0.25, 0.3) is 0 Å². The third-order valence-corrected chi connectivity index (χ3v) is 5.90. The van der Waals surface area contributed by atoms with E-state index in [-0.39, 0.29) is 17.9 Å². The Morgan fingerprint density at radius 1 is 1.25 bits per heavy atom. The number of H-pyrrole nitrogens is 1. The average Bonchev–Trinajstić information content (AvgIpc) is 3.28. The summed E-state index contributed by atoms with van der Waals surface area (Å²) in [6.45, 7) is 4.94. The third kappa shape index (κ3) is 2.75. The largest absolute Gasteiger partial charge is 0.354 e. The van der Waals surface area contributed by atoms with E-state index in [2.05, 4.69) is 49.4 Å². The van der Waals surface area contributed by atoms with E-state index < -0.39 is 0 Å². The summed E-state index contributed by atoms with van der Waals surface area (Å²) in [5.74, 6) is 1.12. The van der Waals surface area contributed by atoms with Crippen LogP contribution in [0, 0.1) is 5.92 Å². The molecule has 1 atom stereocenters. The smallest absolute Gasteiger partial charge is 0.223 e. The Balaban J connectivity index is 1.57. The zero-order chi connectivity index (χ0) is 19.3. The van der Waals surface area contributed by atoms with Crippen molar-refractivity contribution in [3.05, 3.63) is 47.4 Å². The molecule has 0 saturated carbocycles. The van der Waals surface area contributed by atoms with Crippen LogP contribution < -0.4 is 10.2 Å². The van der Waals surface area contributed by atoms with Gasteiger partial charge in [0.1, 0.15) is 17.8 Å². The molecule has 2 aromatic heterocycles. The Kier molecular flexibility index (Phi) is 4.07. The molecule has 0 bridgehead atoms. The fourth-order valence-electron chi connectivity index (χ4n) is 4.61. The Labute approximate surface area is 164 Å². The van der Waals surface area contributed by atoms with Crippen molar-refractivity contribution in [3.63, 3.8) is 0 Å². The molecule has 0 spiro atoms. The van der Waals surface area contributed by atoms with Crippen LogP contribution in [-0.4, -0.2) is 33.4 Å². The van der Waals surface area contributed by atoms with Gasteiger partial charge in [0.05, 0.1) is 5.39 Å². The number of carbonyl (C=O) groups excluding carboxylic acids is 1. The molecular weight excluding hydrogens is 350 g/mol. The van der Waals surface area contributed by atoms with E-state index in [9.17, 15) is 4.79 Å². The maximum atomic E-state index is 12.6. The van der Waals surface area contributed by atoms with Crippen LogP contribution in [0.5, 0.6) is 0 Å². The lowest BCUT2D eigenvalue weighted by molar-refractivity contribution is -0.125.